The Morgan fingerprint density at radius 3 is 2.94 bits per heavy atom. The predicted molar refractivity (Wildman–Crippen MR) is 64.3 cm³/mol. The zero-order chi connectivity index (χ0) is 11.7. The molecule has 2 heterocycles. The van der Waals surface area contributed by atoms with E-state index in [1.54, 1.807) is 12.1 Å². The van der Waals surface area contributed by atoms with Crippen molar-refractivity contribution < 1.29 is 9.84 Å². The summed E-state index contributed by atoms with van der Waals surface area (Å²) >= 11 is 0. The van der Waals surface area contributed by atoms with Crippen molar-refractivity contribution >= 4 is 10.9 Å². The molecule has 3 N–H and O–H groups in total. The molecule has 1 aromatic carbocycles. The molecule has 2 aromatic rings. The van der Waals surface area contributed by atoms with E-state index < -0.39 is 0 Å². The summed E-state index contributed by atoms with van der Waals surface area (Å²) in [6, 6.07) is 5.12. The van der Waals surface area contributed by atoms with Gasteiger partial charge in [0.1, 0.15) is 11.9 Å². The van der Waals surface area contributed by atoms with Gasteiger partial charge in [0.05, 0.1) is 10.9 Å². The third kappa shape index (κ3) is 2.06. The van der Waals surface area contributed by atoms with Crippen molar-refractivity contribution in [2.45, 2.75) is 18.9 Å². The lowest BCUT2D eigenvalue weighted by molar-refractivity contribution is 0.158. The van der Waals surface area contributed by atoms with Crippen LogP contribution in [0.3, 0.4) is 0 Å². The molecule has 5 nitrogen and oxygen atoms in total. The largest absolute Gasteiger partial charge is 0.508 e. The summed E-state index contributed by atoms with van der Waals surface area (Å²) < 4.78 is 5.88. The number of aromatic amines is 1. The summed E-state index contributed by atoms with van der Waals surface area (Å²) in [5, 5.41) is 20.6. The van der Waals surface area contributed by atoms with Crippen molar-refractivity contribution in [3.8, 4) is 11.6 Å². The first-order chi connectivity index (χ1) is 8.33. The highest BCUT2D eigenvalue weighted by atomic mass is 16.5. The second-order valence-electron chi connectivity index (χ2n) is 4.33. The highest BCUT2D eigenvalue weighted by Crippen LogP contribution is 2.27. The number of phenols is 1. The standard InChI is InChI=1S/C12H15N3O2/c16-8-1-2-10-11(7-8)14-15-12(10)17-9-3-5-13-6-4-9/h1-2,7,9,13,16H,3-6H2,(H,14,15). The number of nitrogens with zero attached hydrogens (tertiary/aromatic N) is 1. The van der Waals surface area contributed by atoms with Crippen LogP contribution in [0.1, 0.15) is 12.8 Å². The number of aromatic nitrogens is 2. The number of phenolic OH excluding ortho intramolecular Hbond substituents is 1. The average molecular weight is 233 g/mol. The van der Waals surface area contributed by atoms with Gasteiger partial charge in [-0.25, -0.2) is 0 Å². The molecule has 0 radical (unpaired) electrons. The van der Waals surface area contributed by atoms with Crippen LogP contribution < -0.4 is 10.1 Å². The van der Waals surface area contributed by atoms with E-state index in [0.29, 0.717) is 5.88 Å². The smallest absolute Gasteiger partial charge is 0.240 e. The van der Waals surface area contributed by atoms with Gasteiger partial charge in [-0.3, -0.25) is 5.10 Å². The third-order valence-electron chi connectivity index (χ3n) is 3.08. The first kappa shape index (κ1) is 10.4. The predicted octanol–water partition coefficient (Wildman–Crippen LogP) is 1.40. The Labute approximate surface area is 98.8 Å². The lowest BCUT2D eigenvalue weighted by atomic mass is 10.1. The summed E-state index contributed by atoms with van der Waals surface area (Å²) in [5.74, 6) is 0.862. The molecule has 0 amide bonds. The molecule has 1 aliphatic rings. The van der Waals surface area contributed by atoms with Gasteiger partial charge < -0.3 is 15.2 Å². The highest BCUT2D eigenvalue weighted by molar-refractivity contribution is 5.85. The molecule has 1 saturated heterocycles. The van der Waals surface area contributed by atoms with Crippen LogP contribution in [0.15, 0.2) is 18.2 Å². The number of ether oxygens (including phenoxy) is 1. The molecule has 0 saturated carbocycles. The van der Waals surface area contributed by atoms with Crippen LogP contribution in [-0.4, -0.2) is 34.5 Å². The minimum Gasteiger partial charge on any atom is -0.508 e. The quantitative estimate of drug-likeness (QED) is 0.733. The number of fused-ring (bicyclic) bond motifs is 1. The number of hydrogen-bond acceptors (Lipinski definition) is 4. The van der Waals surface area contributed by atoms with Gasteiger partial charge in [0.15, 0.2) is 0 Å². The normalized spacial score (nSPS) is 17.4. The molecular weight excluding hydrogens is 218 g/mol. The first-order valence-corrected chi connectivity index (χ1v) is 5.87. The second kappa shape index (κ2) is 4.25. The van der Waals surface area contributed by atoms with Crippen molar-refractivity contribution in [2.75, 3.05) is 13.1 Å². The van der Waals surface area contributed by atoms with Crippen LogP contribution in [0.2, 0.25) is 0 Å². The monoisotopic (exact) mass is 233 g/mol. The fraction of sp³-hybridized carbons (Fsp3) is 0.417. The Bertz CT molecular complexity index is 517. The Kier molecular flexibility index (Phi) is 2.60. The van der Waals surface area contributed by atoms with Crippen molar-refractivity contribution in [3.05, 3.63) is 18.2 Å². The molecule has 0 unspecified atom stereocenters. The lowest BCUT2D eigenvalue weighted by Crippen LogP contribution is -2.34. The molecule has 17 heavy (non-hydrogen) atoms. The molecule has 1 aliphatic heterocycles. The zero-order valence-electron chi connectivity index (χ0n) is 9.44. The number of benzene rings is 1. The molecule has 0 bridgehead atoms. The van der Waals surface area contributed by atoms with E-state index in [1.165, 1.54) is 0 Å². The van der Waals surface area contributed by atoms with E-state index in [2.05, 4.69) is 15.5 Å². The summed E-state index contributed by atoms with van der Waals surface area (Å²) in [7, 11) is 0. The number of H-pyrrole nitrogens is 1. The van der Waals surface area contributed by atoms with Crippen LogP contribution in [0.25, 0.3) is 10.9 Å². The summed E-state index contributed by atoms with van der Waals surface area (Å²) in [4.78, 5) is 0. The van der Waals surface area contributed by atoms with Gasteiger partial charge in [0, 0.05) is 6.07 Å². The van der Waals surface area contributed by atoms with Crippen molar-refractivity contribution in [3.63, 3.8) is 0 Å². The van der Waals surface area contributed by atoms with Crippen LogP contribution in [0.5, 0.6) is 11.6 Å². The van der Waals surface area contributed by atoms with Crippen molar-refractivity contribution in [1.29, 1.82) is 0 Å². The Hall–Kier alpha value is -1.75. The van der Waals surface area contributed by atoms with Gasteiger partial charge >= 0.3 is 0 Å². The van der Waals surface area contributed by atoms with E-state index >= 15 is 0 Å². The molecule has 5 heteroatoms. The van der Waals surface area contributed by atoms with Crippen LogP contribution in [0.4, 0.5) is 0 Å². The molecule has 0 spiro atoms. The zero-order valence-corrected chi connectivity index (χ0v) is 9.44. The summed E-state index contributed by atoms with van der Waals surface area (Å²) in [5.41, 5.74) is 0.800. The lowest BCUT2D eigenvalue weighted by Gasteiger charge is -2.22. The average Bonchev–Trinajstić information content (AvgIpc) is 2.73. The second-order valence-corrected chi connectivity index (χ2v) is 4.33. The molecule has 1 fully saturated rings. The van der Waals surface area contributed by atoms with Crippen molar-refractivity contribution in [1.82, 2.24) is 15.5 Å². The van der Waals surface area contributed by atoms with Gasteiger partial charge in [-0.2, -0.15) is 0 Å². The summed E-state index contributed by atoms with van der Waals surface area (Å²) in [6.07, 6.45) is 2.25. The molecule has 3 rings (SSSR count). The van der Waals surface area contributed by atoms with E-state index in [0.717, 1.165) is 36.8 Å². The molecular formula is C12H15N3O2. The fourth-order valence-electron chi connectivity index (χ4n) is 2.14. The van der Waals surface area contributed by atoms with E-state index in [1.807, 2.05) is 6.07 Å². The van der Waals surface area contributed by atoms with Gasteiger partial charge in [-0.15, -0.1) is 5.10 Å². The Morgan fingerprint density at radius 1 is 1.29 bits per heavy atom. The molecule has 0 aliphatic carbocycles. The maximum Gasteiger partial charge on any atom is 0.240 e. The van der Waals surface area contributed by atoms with Crippen molar-refractivity contribution in [2.24, 2.45) is 0 Å². The molecule has 1 aromatic heterocycles. The fourth-order valence-corrected chi connectivity index (χ4v) is 2.14. The van der Waals surface area contributed by atoms with Gasteiger partial charge in [-0.1, -0.05) is 0 Å². The minimum atomic E-state index is 0.231. The Balaban J connectivity index is 1.84. The van der Waals surface area contributed by atoms with Crippen LogP contribution in [-0.2, 0) is 0 Å². The number of nitrogens with one attached hydrogen (secondary N) is 2. The SMILES string of the molecule is Oc1ccc2c(OC3CCNCC3)n[nH]c2c1. The number of hydrogen-bond donors (Lipinski definition) is 3. The Morgan fingerprint density at radius 2 is 2.12 bits per heavy atom. The molecule has 90 valence electrons. The van der Waals surface area contributed by atoms with E-state index in [4.69, 9.17) is 4.74 Å². The minimum absolute atomic E-state index is 0.231. The molecule has 0 atom stereocenters. The topological polar surface area (TPSA) is 70.2 Å². The van der Waals surface area contributed by atoms with E-state index in [-0.39, 0.29) is 11.9 Å². The van der Waals surface area contributed by atoms with Crippen LogP contribution in [0, 0.1) is 0 Å². The van der Waals surface area contributed by atoms with Gasteiger partial charge in [0.2, 0.25) is 5.88 Å². The third-order valence-corrected chi connectivity index (χ3v) is 3.08. The van der Waals surface area contributed by atoms with Gasteiger partial charge in [0.25, 0.3) is 0 Å². The maximum absolute atomic E-state index is 9.36. The van der Waals surface area contributed by atoms with Crippen LogP contribution >= 0.6 is 0 Å². The number of piperidine rings is 1. The first-order valence-electron chi connectivity index (χ1n) is 5.87. The number of aromatic hydroxyl groups is 1. The van der Waals surface area contributed by atoms with Gasteiger partial charge in [-0.05, 0) is 38.1 Å². The highest BCUT2D eigenvalue weighted by Gasteiger charge is 2.17. The van der Waals surface area contributed by atoms with E-state index in [9.17, 15) is 5.11 Å². The maximum atomic E-state index is 9.36. The number of rotatable bonds is 2. The summed E-state index contributed by atoms with van der Waals surface area (Å²) in [6.45, 7) is 1.99.